The van der Waals surface area contributed by atoms with E-state index in [4.69, 9.17) is 42.6 Å². The zero-order valence-corrected chi connectivity index (χ0v) is 36.2. The second-order valence-electron chi connectivity index (χ2n) is 16.8. The predicted octanol–water partition coefficient (Wildman–Crippen LogP) is -12.4. The van der Waals surface area contributed by atoms with Gasteiger partial charge in [-0.2, -0.15) is 0 Å². The van der Waals surface area contributed by atoms with Crippen LogP contribution in [0.25, 0.3) is 0 Å². The largest absolute Gasteiger partial charge is 0.477 e. The summed E-state index contributed by atoms with van der Waals surface area (Å²) in [6, 6.07) is -3.51. The van der Waals surface area contributed by atoms with E-state index in [2.05, 4.69) is 10.6 Å². The average Bonchev–Trinajstić information content (AvgIpc) is 3.29. The third-order valence-electron chi connectivity index (χ3n) is 12.1. The Morgan fingerprint density at radius 3 is 1.53 bits per heavy atom. The molecule has 68 heavy (non-hydrogen) atoms. The molecule has 5 saturated heterocycles. The monoisotopic (exact) mass is 998 g/mol. The normalized spacial score (nSPS) is 46.6. The van der Waals surface area contributed by atoms with Crippen molar-refractivity contribution < 1.29 is 144 Å². The molecule has 5 rings (SSSR count). The summed E-state index contributed by atoms with van der Waals surface area (Å²) in [5, 5.41) is 185. The summed E-state index contributed by atoms with van der Waals surface area (Å²) in [5.41, 5.74) is 0. The average molecular weight is 999 g/mol. The molecular formula is C37H62N2O29. The Morgan fingerprint density at radius 1 is 0.574 bits per heavy atom. The molecule has 394 valence electrons. The first kappa shape index (κ1) is 56.3. The van der Waals surface area contributed by atoms with Gasteiger partial charge in [-0.25, -0.2) is 4.79 Å². The lowest BCUT2D eigenvalue weighted by Crippen LogP contribution is -2.71. The number of carboxylic acid groups (broad SMARTS) is 1. The lowest BCUT2D eigenvalue weighted by molar-refractivity contribution is -0.389. The second kappa shape index (κ2) is 23.8. The van der Waals surface area contributed by atoms with Crippen molar-refractivity contribution in [3.63, 3.8) is 0 Å². The SMILES string of the molecule is CC(=O)N[C@H]1[C@H](O[C@H]2[C@@H](O)[C@@H](CO)O[C@@H](O[C@H]3[C@@H](O)[C@@H](O)[C@H](O)O[C@@H]3CO)[C@@H]2O)O[C@H](CO)[C@@H](O)[C@@H]1O[C@@H]1O[C@H](CO)[C@H](O)[C@H](O[C@@]2(C(=O)O)C[C@H](O)[C@@H](NC(C)=O)[C@H]([C@@H](O)[C@H](O)CO)O2)[C@H]1O. The molecule has 0 aromatic heterocycles. The van der Waals surface area contributed by atoms with Gasteiger partial charge in [-0.1, -0.05) is 0 Å². The van der Waals surface area contributed by atoms with Crippen molar-refractivity contribution in [2.45, 2.75) is 179 Å². The molecule has 19 N–H and O–H groups in total. The number of hydrogen-bond acceptors (Lipinski definition) is 28. The zero-order valence-electron chi connectivity index (χ0n) is 36.2. The number of aliphatic carboxylic acids is 1. The first-order valence-electron chi connectivity index (χ1n) is 21.2. The minimum atomic E-state index is -3.19. The maximum atomic E-state index is 13.0. The third kappa shape index (κ3) is 11.8. The molecule has 0 aromatic rings. The fourth-order valence-electron chi connectivity index (χ4n) is 8.53. The lowest BCUT2D eigenvalue weighted by atomic mass is 9.88. The molecule has 0 unspecified atom stereocenters. The number of amides is 2. The maximum Gasteiger partial charge on any atom is 0.364 e. The molecule has 0 spiro atoms. The smallest absolute Gasteiger partial charge is 0.364 e. The number of carbonyl (C=O) groups excluding carboxylic acids is 2. The number of aliphatic hydroxyl groups is 16. The Hall–Kier alpha value is -2.59. The molecule has 5 aliphatic rings. The van der Waals surface area contributed by atoms with Crippen molar-refractivity contribution in [3.05, 3.63) is 0 Å². The minimum Gasteiger partial charge on any atom is -0.477 e. The van der Waals surface area contributed by atoms with E-state index in [0.717, 1.165) is 13.8 Å². The standard InChI is InChI=1S/C37H62N2O29/c1-9(45)38-17-11(47)3-37(36(58)59,67-29(17)19(49)12(48)4-40)68-31-22(52)15(7-43)63-35(26(31)56)65-28-18(39-10(2)46)33(61-13(5-41)20(28)50)66-30-21(51)14(6-42)62-34(25(30)55)64-27-16(8-44)60-32(57)24(54)23(27)53/h11-35,40-44,47-57H,3-8H2,1-2H3,(H,38,45)(H,39,46)(H,58,59)/t11-,12+,13+,14+,15+,16+,17+,18+,19-,20+,21-,22-,23-,24+,25+,26+,27+,28+,29+,30-,31-,32+,33-,34-,35-,37+/m0/s1. The number of nitrogens with one attached hydrogen (secondary N) is 2. The third-order valence-corrected chi connectivity index (χ3v) is 12.1. The highest BCUT2D eigenvalue weighted by atomic mass is 16.8. The molecule has 0 aliphatic carbocycles. The quantitative estimate of drug-likeness (QED) is 0.0606. The molecule has 0 saturated carbocycles. The number of rotatable bonds is 18. The van der Waals surface area contributed by atoms with Crippen molar-refractivity contribution in [1.29, 1.82) is 0 Å². The van der Waals surface area contributed by atoms with Crippen LogP contribution in [0, 0.1) is 0 Å². The Labute approximate surface area is 384 Å². The van der Waals surface area contributed by atoms with Gasteiger partial charge in [-0.15, -0.1) is 0 Å². The van der Waals surface area contributed by atoms with E-state index >= 15 is 0 Å². The highest BCUT2D eigenvalue weighted by Gasteiger charge is 2.61. The summed E-state index contributed by atoms with van der Waals surface area (Å²) < 4.78 is 50.7. The van der Waals surface area contributed by atoms with E-state index in [1.807, 2.05) is 0 Å². The molecule has 0 aromatic carbocycles. The van der Waals surface area contributed by atoms with E-state index in [1.54, 1.807) is 0 Å². The van der Waals surface area contributed by atoms with Crippen LogP contribution in [0.1, 0.15) is 20.3 Å². The number of carboxylic acids is 1. The molecular weight excluding hydrogens is 936 g/mol. The highest BCUT2D eigenvalue weighted by Crippen LogP contribution is 2.39. The second-order valence-corrected chi connectivity index (χ2v) is 16.8. The zero-order chi connectivity index (χ0) is 50.7. The van der Waals surface area contributed by atoms with Gasteiger partial charge in [0.05, 0.1) is 45.2 Å². The molecule has 2 amide bonds. The van der Waals surface area contributed by atoms with E-state index in [0.29, 0.717) is 0 Å². The van der Waals surface area contributed by atoms with Gasteiger partial charge < -0.3 is 140 Å². The number of aliphatic hydroxyl groups excluding tert-OH is 16. The Kier molecular flexibility index (Phi) is 19.7. The van der Waals surface area contributed by atoms with Gasteiger partial charge in [-0.05, 0) is 0 Å². The van der Waals surface area contributed by atoms with Crippen molar-refractivity contribution in [2.24, 2.45) is 0 Å². The van der Waals surface area contributed by atoms with Gasteiger partial charge in [0.15, 0.2) is 25.2 Å². The van der Waals surface area contributed by atoms with Crippen molar-refractivity contribution in [3.8, 4) is 0 Å². The first-order chi connectivity index (χ1) is 32.0. The van der Waals surface area contributed by atoms with Crippen LogP contribution in [0.15, 0.2) is 0 Å². The van der Waals surface area contributed by atoms with Crippen molar-refractivity contribution >= 4 is 17.8 Å². The van der Waals surface area contributed by atoms with Crippen LogP contribution in [0.4, 0.5) is 0 Å². The van der Waals surface area contributed by atoms with Crippen LogP contribution in [-0.2, 0) is 57.0 Å². The molecule has 0 radical (unpaired) electrons. The molecule has 31 heteroatoms. The summed E-state index contributed by atoms with van der Waals surface area (Å²) >= 11 is 0. The Balaban J connectivity index is 1.45. The van der Waals surface area contributed by atoms with E-state index in [9.17, 15) is 101 Å². The highest BCUT2D eigenvalue weighted by molar-refractivity contribution is 5.76. The van der Waals surface area contributed by atoms with E-state index in [1.165, 1.54) is 0 Å². The van der Waals surface area contributed by atoms with Gasteiger partial charge in [0, 0.05) is 20.3 Å². The van der Waals surface area contributed by atoms with Gasteiger partial charge in [0.2, 0.25) is 11.8 Å². The molecule has 5 fully saturated rings. The topological polar surface area (TPSA) is 502 Å². The summed E-state index contributed by atoms with van der Waals surface area (Å²) in [6.45, 7) is -3.28. The Morgan fingerprint density at radius 2 is 1.03 bits per heavy atom. The van der Waals surface area contributed by atoms with Gasteiger partial charge in [0.1, 0.15) is 116 Å². The first-order valence-corrected chi connectivity index (χ1v) is 21.2. The van der Waals surface area contributed by atoms with Crippen LogP contribution in [0.3, 0.4) is 0 Å². The number of hydrogen-bond donors (Lipinski definition) is 19. The number of ether oxygens (including phenoxy) is 9. The van der Waals surface area contributed by atoms with Crippen LogP contribution in [-0.4, -0.2) is 297 Å². The van der Waals surface area contributed by atoms with Crippen molar-refractivity contribution in [1.82, 2.24) is 10.6 Å². The van der Waals surface area contributed by atoms with E-state index in [-0.39, 0.29) is 0 Å². The Bertz CT molecular complexity index is 1660. The van der Waals surface area contributed by atoms with Crippen LogP contribution >= 0.6 is 0 Å². The van der Waals surface area contributed by atoms with Gasteiger partial charge >= 0.3 is 5.97 Å². The van der Waals surface area contributed by atoms with Crippen LogP contribution in [0.5, 0.6) is 0 Å². The summed E-state index contributed by atoms with van der Waals surface area (Å²) in [6.07, 6.45) is -47.6. The maximum absolute atomic E-state index is 13.0. The molecule has 5 heterocycles. The minimum absolute atomic E-state index is 0.818. The van der Waals surface area contributed by atoms with Crippen molar-refractivity contribution in [2.75, 3.05) is 33.0 Å². The van der Waals surface area contributed by atoms with Crippen LogP contribution < -0.4 is 10.6 Å². The molecule has 5 aliphatic heterocycles. The molecule has 0 bridgehead atoms. The summed E-state index contributed by atoms with van der Waals surface area (Å²) in [7, 11) is 0. The molecule has 26 atom stereocenters. The number of carbonyl (C=O) groups is 3. The fourth-order valence-corrected chi connectivity index (χ4v) is 8.53. The predicted molar refractivity (Wildman–Crippen MR) is 207 cm³/mol. The van der Waals surface area contributed by atoms with Crippen LogP contribution in [0.2, 0.25) is 0 Å². The van der Waals surface area contributed by atoms with Gasteiger partial charge in [-0.3, -0.25) is 9.59 Å². The lowest BCUT2D eigenvalue weighted by Gasteiger charge is -2.51. The summed E-state index contributed by atoms with van der Waals surface area (Å²) in [5.74, 6) is -6.99. The molecule has 31 nitrogen and oxygen atoms in total. The fraction of sp³-hybridized carbons (Fsp3) is 0.919. The van der Waals surface area contributed by atoms with Gasteiger partial charge in [0.25, 0.3) is 5.79 Å². The summed E-state index contributed by atoms with van der Waals surface area (Å²) in [4.78, 5) is 37.7. The van der Waals surface area contributed by atoms with E-state index < -0.39 is 216 Å².